The lowest BCUT2D eigenvalue weighted by molar-refractivity contribution is -0.385. The van der Waals surface area contributed by atoms with E-state index in [0.717, 1.165) is 16.6 Å². The topological polar surface area (TPSA) is 77.3 Å². The number of nitro groups is 1. The number of benzene rings is 1. The molecule has 1 aromatic carbocycles. The van der Waals surface area contributed by atoms with E-state index in [1.165, 1.54) is 29.5 Å². The van der Waals surface area contributed by atoms with E-state index in [-0.39, 0.29) is 18.0 Å². The number of thiazole rings is 1. The highest BCUT2D eigenvalue weighted by molar-refractivity contribution is 7.15. The summed E-state index contributed by atoms with van der Waals surface area (Å²) in [6.07, 6.45) is 1.68. The number of nitrogens with zero attached hydrogens (tertiary/aromatic N) is 2. The molecule has 0 saturated carbocycles. The average molecular weight is 314 g/mol. The molecule has 0 aliphatic heterocycles. The highest BCUT2D eigenvalue weighted by Gasteiger charge is 2.15. The Morgan fingerprint density at radius 2 is 2.35 bits per heavy atom. The predicted octanol–water partition coefficient (Wildman–Crippen LogP) is 3.72. The maximum absolute atomic E-state index is 10.9. The number of anilines is 1. The van der Waals surface area contributed by atoms with E-state index >= 15 is 0 Å². The molecule has 8 heteroatoms. The molecular weight excluding hydrogens is 302 g/mol. The van der Waals surface area contributed by atoms with Crippen LogP contribution in [0.5, 0.6) is 5.75 Å². The molecule has 1 aromatic heterocycles. The molecule has 0 radical (unpaired) electrons. The Morgan fingerprint density at radius 1 is 1.55 bits per heavy atom. The first-order chi connectivity index (χ1) is 9.60. The van der Waals surface area contributed by atoms with Crippen LogP contribution in [0.2, 0.25) is 5.02 Å². The number of halogens is 1. The molecule has 0 spiro atoms. The molecule has 0 aliphatic carbocycles. The lowest BCUT2D eigenvalue weighted by atomic mass is 10.3. The summed E-state index contributed by atoms with van der Waals surface area (Å²) in [5, 5.41) is 15.2. The molecule has 6 nitrogen and oxygen atoms in total. The van der Waals surface area contributed by atoms with Crippen molar-refractivity contribution in [2.75, 3.05) is 11.9 Å². The molecule has 0 bridgehead atoms. The smallest absolute Gasteiger partial charge is 0.311 e. The van der Waals surface area contributed by atoms with Crippen LogP contribution < -0.4 is 10.1 Å². The van der Waals surface area contributed by atoms with Crippen LogP contribution in [0.3, 0.4) is 0 Å². The summed E-state index contributed by atoms with van der Waals surface area (Å²) in [7, 11) is 0. The molecular formula is C12H12ClN3O3S. The maximum atomic E-state index is 10.9. The monoisotopic (exact) mass is 313 g/mol. The normalized spacial score (nSPS) is 10.3. The van der Waals surface area contributed by atoms with Crippen LogP contribution in [-0.4, -0.2) is 16.5 Å². The van der Waals surface area contributed by atoms with Crippen LogP contribution >= 0.6 is 22.9 Å². The van der Waals surface area contributed by atoms with Gasteiger partial charge in [-0.3, -0.25) is 10.1 Å². The third-order valence-electron chi connectivity index (χ3n) is 2.37. The van der Waals surface area contributed by atoms with Crippen molar-refractivity contribution >= 4 is 33.8 Å². The van der Waals surface area contributed by atoms with E-state index in [0.29, 0.717) is 5.02 Å². The fourth-order valence-electron chi connectivity index (χ4n) is 1.51. The summed E-state index contributed by atoms with van der Waals surface area (Å²) in [5.74, 6) is 0.154. The van der Waals surface area contributed by atoms with Crippen molar-refractivity contribution < 1.29 is 9.66 Å². The molecule has 0 saturated heterocycles. The number of ether oxygens (including phenoxy) is 1. The summed E-state index contributed by atoms with van der Waals surface area (Å²) in [5.41, 5.74) is -0.106. The lowest BCUT2D eigenvalue weighted by Gasteiger charge is -2.05. The van der Waals surface area contributed by atoms with Gasteiger partial charge in [0.25, 0.3) is 0 Å². The van der Waals surface area contributed by atoms with Crippen LogP contribution in [0.15, 0.2) is 24.4 Å². The second kappa shape index (κ2) is 6.53. The minimum absolute atomic E-state index is 0.106. The minimum atomic E-state index is -0.498. The van der Waals surface area contributed by atoms with Crippen molar-refractivity contribution in [3.63, 3.8) is 0 Å². The minimum Gasteiger partial charge on any atom is -0.481 e. The third kappa shape index (κ3) is 3.58. The number of nitrogens with one attached hydrogen (secondary N) is 1. The fraction of sp³-hybridized carbons (Fsp3) is 0.250. The number of rotatable bonds is 6. The Bertz CT molecular complexity index is 618. The second-order valence-corrected chi connectivity index (χ2v) is 5.37. The van der Waals surface area contributed by atoms with E-state index in [2.05, 4.69) is 10.3 Å². The second-order valence-electron chi connectivity index (χ2n) is 3.82. The molecule has 1 N–H and O–H groups in total. The van der Waals surface area contributed by atoms with Crippen LogP contribution in [0, 0.1) is 10.1 Å². The summed E-state index contributed by atoms with van der Waals surface area (Å²) in [4.78, 5) is 15.4. The molecule has 0 aliphatic rings. The van der Waals surface area contributed by atoms with Gasteiger partial charge in [0.05, 0.1) is 9.80 Å². The maximum Gasteiger partial charge on any atom is 0.311 e. The Kier molecular flexibility index (Phi) is 4.75. The summed E-state index contributed by atoms with van der Waals surface area (Å²) in [6.45, 7) is 2.98. The molecule has 0 atom stereocenters. The Hall–Kier alpha value is -1.86. The quantitative estimate of drug-likeness (QED) is 0.649. The Morgan fingerprint density at radius 3 is 3.05 bits per heavy atom. The van der Waals surface area contributed by atoms with Crippen molar-refractivity contribution in [1.82, 2.24) is 4.98 Å². The molecule has 0 unspecified atom stereocenters. The zero-order valence-electron chi connectivity index (χ0n) is 10.6. The predicted molar refractivity (Wildman–Crippen MR) is 78.7 cm³/mol. The van der Waals surface area contributed by atoms with Crippen LogP contribution in [-0.2, 0) is 6.61 Å². The van der Waals surface area contributed by atoms with E-state index in [4.69, 9.17) is 16.3 Å². The number of aromatic nitrogens is 1. The molecule has 2 rings (SSSR count). The number of nitro benzene ring substituents is 1. The van der Waals surface area contributed by atoms with Gasteiger partial charge in [-0.1, -0.05) is 22.9 Å². The van der Waals surface area contributed by atoms with Crippen molar-refractivity contribution in [1.29, 1.82) is 0 Å². The first-order valence-electron chi connectivity index (χ1n) is 5.85. The largest absolute Gasteiger partial charge is 0.481 e. The molecule has 20 heavy (non-hydrogen) atoms. The van der Waals surface area contributed by atoms with Gasteiger partial charge in [0.2, 0.25) is 0 Å². The molecule has 106 valence electrons. The Labute approximate surface area is 124 Å². The van der Waals surface area contributed by atoms with Gasteiger partial charge in [-0.25, -0.2) is 4.98 Å². The molecule has 0 amide bonds. The van der Waals surface area contributed by atoms with Crippen molar-refractivity contribution in [2.24, 2.45) is 0 Å². The van der Waals surface area contributed by atoms with Crippen LogP contribution in [0.1, 0.15) is 11.8 Å². The molecule has 2 aromatic rings. The number of hydrogen-bond acceptors (Lipinski definition) is 6. The van der Waals surface area contributed by atoms with Gasteiger partial charge in [0.1, 0.15) is 6.61 Å². The number of hydrogen-bond donors (Lipinski definition) is 1. The first-order valence-corrected chi connectivity index (χ1v) is 7.05. The highest BCUT2D eigenvalue weighted by atomic mass is 35.5. The summed E-state index contributed by atoms with van der Waals surface area (Å²) < 4.78 is 5.47. The van der Waals surface area contributed by atoms with Crippen molar-refractivity contribution in [2.45, 2.75) is 13.5 Å². The van der Waals surface area contributed by atoms with Gasteiger partial charge < -0.3 is 10.1 Å². The zero-order valence-corrected chi connectivity index (χ0v) is 12.2. The van der Waals surface area contributed by atoms with Gasteiger partial charge in [0.15, 0.2) is 10.9 Å². The van der Waals surface area contributed by atoms with Crippen LogP contribution in [0.25, 0.3) is 0 Å². The van der Waals surface area contributed by atoms with Gasteiger partial charge in [-0.15, -0.1) is 0 Å². The highest BCUT2D eigenvalue weighted by Crippen LogP contribution is 2.31. The zero-order chi connectivity index (χ0) is 14.5. The van der Waals surface area contributed by atoms with Crippen molar-refractivity contribution in [3.05, 3.63) is 44.4 Å². The van der Waals surface area contributed by atoms with Gasteiger partial charge in [0, 0.05) is 29.9 Å². The van der Waals surface area contributed by atoms with E-state index in [1.54, 1.807) is 6.20 Å². The summed E-state index contributed by atoms with van der Waals surface area (Å²) in [6, 6.07) is 4.23. The Balaban J connectivity index is 2.09. The standard InChI is InChI=1S/C12H12ClN3O3S/c1-2-14-12-15-6-9(20-12)7-19-11-5-8(13)3-4-10(11)16(17)18/h3-6H,2,7H2,1H3,(H,14,15). The first kappa shape index (κ1) is 14.5. The van der Waals surface area contributed by atoms with Gasteiger partial charge in [-0.2, -0.15) is 0 Å². The van der Waals surface area contributed by atoms with Crippen molar-refractivity contribution in [3.8, 4) is 5.75 Å². The average Bonchev–Trinajstić information content (AvgIpc) is 2.84. The fourth-order valence-corrected chi connectivity index (χ4v) is 2.47. The van der Waals surface area contributed by atoms with Crippen LogP contribution in [0.4, 0.5) is 10.8 Å². The lowest BCUT2D eigenvalue weighted by Crippen LogP contribution is -1.97. The van der Waals surface area contributed by atoms with E-state index in [9.17, 15) is 10.1 Å². The molecule has 1 heterocycles. The van der Waals surface area contributed by atoms with Gasteiger partial charge >= 0.3 is 5.69 Å². The van der Waals surface area contributed by atoms with E-state index < -0.39 is 4.92 Å². The molecule has 0 fully saturated rings. The van der Waals surface area contributed by atoms with E-state index in [1.807, 2.05) is 6.92 Å². The summed E-state index contributed by atoms with van der Waals surface area (Å²) >= 11 is 7.27. The SMILES string of the molecule is CCNc1ncc(COc2cc(Cl)ccc2[N+](=O)[O-])s1. The van der Waals surface area contributed by atoms with Gasteiger partial charge in [-0.05, 0) is 13.0 Å². The third-order valence-corrected chi connectivity index (χ3v) is 3.53.